The predicted octanol–water partition coefficient (Wildman–Crippen LogP) is 1.24. The van der Waals surface area contributed by atoms with Gasteiger partial charge in [0.05, 0.1) is 17.3 Å². The average Bonchev–Trinajstić information content (AvgIpc) is 2.17. The van der Waals surface area contributed by atoms with Gasteiger partial charge in [0.2, 0.25) is 0 Å². The van der Waals surface area contributed by atoms with Crippen LogP contribution in [0.25, 0.3) is 0 Å². The Labute approximate surface area is 71.1 Å². The number of rotatable bonds is 1. The van der Waals surface area contributed by atoms with Gasteiger partial charge < -0.3 is 5.84 Å². The van der Waals surface area contributed by atoms with Gasteiger partial charge in [0.1, 0.15) is 0 Å². The zero-order chi connectivity index (χ0) is 8.97. The van der Waals surface area contributed by atoms with E-state index in [0.29, 0.717) is 5.56 Å². The first-order valence-electron chi connectivity index (χ1n) is 3.53. The number of nitriles is 1. The molecule has 0 bridgehead atoms. The Balaban J connectivity index is 3.02. The summed E-state index contributed by atoms with van der Waals surface area (Å²) >= 11 is 0. The summed E-state index contributed by atoms with van der Waals surface area (Å²) in [7, 11) is 0. The van der Waals surface area contributed by atoms with E-state index in [2.05, 4.69) is 5.10 Å². The van der Waals surface area contributed by atoms with Crippen LogP contribution < -0.4 is 5.84 Å². The van der Waals surface area contributed by atoms with Crippen molar-refractivity contribution < 1.29 is 0 Å². The number of nitrogens with two attached hydrogens (primary N) is 1. The molecule has 0 unspecified atom stereocenters. The van der Waals surface area contributed by atoms with Crippen LogP contribution in [-0.2, 0) is 0 Å². The largest absolute Gasteiger partial charge is 0.323 e. The Hall–Kier alpha value is -1.82. The molecule has 0 aliphatic rings. The number of benzene rings is 1. The van der Waals surface area contributed by atoms with E-state index in [-0.39, 0.29) is 0 Å². The van der Waals surface area contributed by atoms with Crippen LogP contribution in [0.4, 0.5) is 0 Å². The minimum atomic E-state index is 0.642. The lowest BCUT2D eigenvalue weighted by atomic mass is 10.1. The van der Waals surface area contributed by atoms with E-state index < -0.39 is 0 Å². The Morgan fingerprint density at radius 1 is 1.42 bits per heavy atom. The quantitative estimate of drug-likeness (QED) is 0.380. The number of hydrazone groups is 1. The molecular weight excluding hydrogens is 150 g/mol. The fourth-order valence-electron chi connectivity index (χ4n) is 0.861. The molecule has 0 spiro atoms. The maximum absolute atomic E-state index is 8.52. The molecule has 1 aromatic carbocycles. The third-order valence-electron chi connectivity index (χ3n) is 1.63. The van der Waals surface area contributed by atoms with Crippen molar-refractivity contribution in [1.82, 2.24) is 0 Å². The fraction of sp³-hybridized carbons (Fsp3) is 0.111. The second-order valence-corrected chi connectivity index (χ2v) is 2.40. The lowest BCUT2D eigenvalue weighted by Crippen LogP contribution is -1.98. The van der Waals surface area contributed by atoms with Gasteiger partial charge in [-0.2, -0.15) is 10.4 Å². The zero-order valence-corrected chi connectivity index (χ0v) is 6.78. The van der Waals surface area contributed by atoms with E-state index in [1.807, 2.05) is 25.1 Å². The van der Waals surface area contributed by atoms with E-state index >= 15 is 0 Å². The standard InChI is InChI=1S/C9H9N3/c1-7(12-11)9-4-2-8(6-10)3-5-9/h2-5H,11H2,1H3/b12-7+. The van der Waals surface area contributed by atoms with Gasteiger partial charge in [0.15, 0.2) is 0 Å². The Kier molecular flexibility index (Phi) is 2.44. The van der Waals surface area contributed by atoms with Crippen molar-refractivity contribution in [2.45, 2.75) is 6.92 Å². The first-order valence-corrected chi connectivity index (χ1v) is 3.53. The Bertz CT molecular complexity index is 330. The zero-order valence-electron chi connectivity index (χ0n) is 6.78. The smallest absolute Gasteiger partial charge is 0.0991 e. The van der Waals surface area contributed by atoms with E-state index in [1.165, 1.54) is 0 Å². The molecule has 0 amide bonds. The van der Waals surface area contributed by atoms with E-state index in [9.17, 15) is 0 Å². The highest BCUT2D eigenvalue weighted by molar-refractivity contribution is 5.98. The van der Waals surface area contributed by atoms with Gasteiger partial charge >= 0.3 is 0 Å². The van der Waals surface area contributed by atoms with Gasteiger partial charge in [-0.05, 0) is 24.6 Å². The van der Waals surface area contributed by atoms with E-state index in [0.717, 1.165) is 11.3 Å². The minimum Gasteiger partial charge on any atom is -0.323 e. The molecule has 0 aliphatic heterocycles. The van der Waals surface area contributed by atoms with E-state index in [4.69, 9.17) is 11.1 Å². The molecule has 0 radical (unpaired) electrons. The number of hydrogen-bond acceptors (Lipinski definition) is 3. The van der Waals surface area contributed by atoms with Gasteiger partial charge in [0, 0.05) is 0 Å². The third-order valence-corrected chi connectivity index (χ3v) is 1.63. The second-order valence-electron chi connectivity index (χ2n) is 2.40. The summed E-state index contributed by atoms with van der Waals surface area (Å²) in [4.78, 5) is 0. The van der Waals surface area contributed by atoms with Crippen LogP contribution in [0, 0.1) is 11.3 Å². The molecule has 12 heavy (non-hydrogen) atoms. The third kappa shape index (κ3) is 1.61. The van der Waals surface area contributed by atoms with Gasteiger partial charge in [-0.15, -0.1) is 0 Å². The normalized spacial score (nSPS) is 10.8. The summed E-state index contributed by atoms with van der Waals surface area (Å²) in [6, 6.07) is 9.17. The molecule has 1 rings (SSSR count). The average molecular weight is 159 g/mol. The highest BCUT2D eigenvalue weighted by atomic mass is 15.1. The highest BCUT2D eigenvalue weighted by Gasteiger charge is 1.95. The number of nitrogens with zero attached hydrogens (tertiary/aromatic N) is 2. The topological polar surface area (TPSA) is 62.2 Å². The molecule has 0 saturated carbocycles. The first kappa shape index (κ1) is 8.28. The lowest BCUT2D eigenvalue weighted by Gasteiger charge is -1.97. The van der Waals surface area contributed by atoms with Crippen molar-refractivity contribution in [1.29, 1.82) is 5.26 Å². The van der Waals surface area contributed by atoms with Gasteiger partial charge in [-0.1, -0.05) is 12.1 Å². The summed E-state index contributed by atoms with van der Waals surface area (Å²) in [5, 5.41) is 12.1. The van der Waals surface area contributed by atoms with Crippen molar-refractivity contribution in [3.8, 4) is 6.07 Å². The molecule has 3 heteroatoms. The van der Waals surface area contributed by atoms with Crippen LogP contribution in [0.2, 0.25) is 0 Å². The lowest BCUT2D eigenvalue weighted by molar-refractivity contribution is 1.24. The molecule has 0 heterocycles. The van der Waals surface area contributed by atoms with Crippen LogP contribution in [0.15, 0.2) is 29.4 Å². The summed E-state index contributed by atoms with van der Waals surface area (Å²) in [5.74, 6) is 5.10. The molecule has 0 atom stereocenters. The van der Waals surface area contributed by atoms with Crippen LogP contribution in [0.1, 0.15) is 18.1 Å². The minimum absolute atomic E-state index is 0.642. The fourth-order valence-corrected chi connectivity index (χ4v) is 0.861. The maximum Gasteiger partial charge on any atom is 0.0991 e. The molecule has 1 aromatic rings. The maximum atomic E-state index is 8.52. The predicted molar refractivity (Wildman–Crippen MR) is 47.6 cm³/mol. The van der Waals surface area contributed by atoms with Gasteiger partial charge in [-0.25, -0.2) is 0 Å². The summed E-state index contributed by atoms with van der Waals surface area (Å²) in [6.45, 7) is 1.82. The van der Waals surface area contributed by atoms with Crippen LogP contribution >= 0.6 is 0 Å². The molecule has 3 nitrogen and oxygen atoms in total. The molecule has 0 aliphatic carbocycles. The van der Waals surface area contributed by atoms with Crippen molar-refractivity contribution in [2.24, 2.45) is 10.9 Å². The van der Waals surface area contributed by atoms with Crippen molar-refractivity contribution in [3.05, 3.63) is 35.4 Å². The molecule has 60 valence electrons. The molecule has 0 aromatic heterocycles. The molecule has 0 saturated heterocycles. The van der Waals surface area contributed by atoms with Crippen molar-refractivity contribution >= 4 is 5.71 Å². The molecular formula is C9H9N3. The molecule has 2 N–H and O–H groups in total. The molecule has 0 fully saturated rings. The van der Waals surface area contributed by atoms with Crippen LogP contribution in [0.3, 0.4) is 0 Å². The second kappa shape index (κ2) is 3.54. The van der Waals surface area contributed by atoms with E-state index in [1.54, 1.807) is 12.1 Å². The summed E-state index contributed by atoms with van der Waals surface area (Å²) in [6.07, 6.45) is 0. The monoisotopic (exact) mass is 159 g/mol. The highest BCUT2D eigenvalue weighted by Crippen LogP contribution is 2.03. The first-order chi connectivity index (χ1) is 5.77. The SMILES string of the molecule is C/C(=N\N)c1ccc(C#N)cc1. The van der Waals surface area contributed by atoms with Crippen LogP contribution in [0.5, 0.6) is 0 Å². The van der Waals surface area contributed by atoms with Crippen LogP contribution in [-0.4, -0.2) is 5.71 Å². The summed E-state index contributed by atoms with van der Waals surface area (Å²) < 4.78 is 0. The summed E-state index contributed by atoms with van der Waals surface area (Å²) in [5.41, 5.74) is 2.35. The Morgan fingerprint density at radius 2 is 2.00 bits per heavy atom. The van der Waals surface area contributed by atoms with Gasteiger partial charge in [0.25, 0.3) is 0 Å². The van der Waals surface area contributed by atoms with Crippen molar-refractivity contribution in [3.63, 3.8) is 0 Å². The van der Waals surface area contributed by atoms with Crippen molar-refractivity contribution in [2.75, 3.05) is 0 Å². The number of hydrogen-bond donors (Lipinski definition) is 1. The Morgan fingerprint density at radius 3 is 2.42 bits per heavy atom. The van der Waals surface area contributed by atoms with Gasteiger partial charge in [-0.3, -0.25) is 0 Å².